The molecule has 0 spiro atoms. The predicted octanol–water partition coefficient (Wildman–Crippen LogP) is 5.29. The van der Waals surface area contributed by atoms with Gasteiger partial charge in [0.25, 0.3) is 0 Å². The molecule has 0 saturated heterocycles. The number of aryl methyl sites for hydroxylation is 1. The summed E-state index contributed by atoms with van der Waals surface area (Å²) < 4.78 is 2.17. The van der Waals surface area contributed by atoms with E-state index >= 15 is 0 Å². The first-order chi connectivity index (χ1) is 11.2. The summed E-state index contributed by atoms with van der Waals surface area (Å²) in [5.41, 5.74) is 4.72. The van der Waals surface area contributed by atoms with E-state index in [1.165, 1.54) is 22.0 Å². The SMILES string of the molecule is CCN(CC)C(C)n1nc(-c2ccccc2)c2cc(C)ccc21.Cl. The smallest absolute Gasteiger partial charge is 0.102 e. The Kier molecular flexibility index (Phi) is 6.03. The molecule has 2 aromatic carbocycles. The Bertz CT molecular complexity index is 791. The largest absolute Gasteiger partial charge is 0.283 e. The van der Waals surface area contributed by atoms with E-state index in [2.05, 4.69) is 79.7 Å². The first-order valence-electron chi connectivity index (χ1n) is 8.44. The first kappa shape index (κ1) is 18.5. The van der Waals surface area contributed by atoms with Crippen molar-refractivity contribution in [2.45, 2.75) is 33.9 Å². The minimum atomic E-state index is 0. The van der Waals surface area contributed by atoms with Crippen molar-refractivity contribution < 1.29 is 0 Å². The fourth-order valence-corrected chi connectivity index (χ4v) is 3.26. The second-order valence-electron chi connectivity index (χ2n) is 6.03. The van der Waals surface area contributed by atoms with Gasteiger partial charge in [0.2, 0.25) is 0 Å². The van der Waals surface area contributed by atoms with Crippen LogP contribution in [0.4, 0.5) is 0 Å². The van der Waals surface area contributed by atoms with E-state index in [-0.39, 0.29) is 18.6 Å². The van der Waals surface area contributed by atoms with Crippen molar-refractivity contribution >= 4 is 23.3 Å². The van der Waals surface area contributed by atoms with Crippen LogP contribution in [-0.4, -0.2) is 27.8 Å². The number of rotatable bonds is 5. The Balaban J connectivity index is 0.00000208. The summed E-state index contributed by atoms with van der Waals surface area (Å²) in [6, 6.07) is 17.1. The van der Waals surface area contributed by atoms with Gasteiger partial charge in [-0.15, -0.1) is 12.4 Å². The van der Waals surface area contributed by atoms with Crippen LogP contribution in [0, 0.1) is 6.92 Å². The second kappa shape index (κ2) is 7.82. The van der Waals surface area contributed by atoms with Gasteiger partial charge in [-0.25, -0.2) is 4.68 Å². The van der Waals surface area contributed by atoms with Gasteiger partial charge in [-0.1, -0.05) is 55.8 Å². The fraction of sp³-hybridized carbons (Fsp3) is 0.350. The molecule has 0 radical (unpaired) electrons. The molecule has 0 amide bonds. The molecular weight excluding hydrogens is 318 g/mol. The lowest BCUT2D eigenvalue weighted by Crippen LogP contribution is -2.31. The quantitative estimate of drug-likeness (QED) is 0.627. The van der Waals surface area contributed by atoms with Gasteiger partial charge < -0.3 is 0 Å². The normalized spacial score (nSPS) is 12.4. The summed E-state index contributed by atoms with van der Waals surface area (Å²) >= 11 is 0. The Morgan fingerprint density at radius 2 is 1.71 bits per heavy atom. The Morgan fingerprint density at radius 1 is 1.04 bits per heavy atom. The summed E-state index contributed by atoms with van der Waals surface area (Å²) in [6.07, 6.45) is 0.243. The van der Waals surface area contributed by atoms with Crippen LogP contribution < -0.4 is 0 Å². The first-order valence-corrected chi connectivity index (χ1v) is 8.44. The van der Waals surface area contributed by atoms with E-state index in [0.29, 0.717) is 0 Å². The molecule has 0 fully saturated rings. The standard InChI is InChI=1S/C20H25N3.ClH/c1-5-22(6-2)16(4)23-19-13-12-15(3)14-18(19)20(21-23)17-10-8-7-9-11-17;/h7-14,16H,5-6H2,1-4H3;1H. The van der Waals surface area contributed by atoms with Gasteiger partial charge in [-0.3, -0.25) is 4.90 Å². The summed E-state index contributed by atoms with van der Waals surface area (Å²) in [5.74, 6) is 0. The third kappa shape index (κ3) is 3.33. The summed E-state index contributed by atoms with van der Waals surface area (Å²) in [4.78, 5) is 2.42. The Morgan fingerprint density at radius 3 is 2.33 bits per heavy atom. The number of aromatic nitrogens is 2. The van der Waals surface area contributed by atoms with E-state index in [4.69, 9.17) is 5.10 Å². The number of nitrogens with zero attached hydrogens (tertiary/aromatic N) is 3. The van der Waals surface area contributed by atoms with Gasteiger partial charge >= 0.3 is 0 Å². The van der Waals surface area contributed by atoms with Crippen LogP contribution in [-0.2, 0) is 0 Å². The van der Waals surface area contributed by atoms with Gasteiger partial charge in [0.05, 0.1) is 5.52 Å². The molecule has 0 aliphatic rings. The molecule has 0 aliphatic heterocycles. The minimum absolute atomic E-state index is 0. The van der Waals surface area contributed by atoms with Gasteiger partial charge in [0.1, 0.15) is 11.9 Å². The van der Waals surface area contributed by atoms with Crippen molar-refractivity contribution in [3.05, 3.63) is 54.1 Å². The van der Waals surface area contributed by atoms with Gasteiger partial charge in [0.15, 0.2) is 0 Å². The van der Waals surface area contributed by atoms with E-state index in [9.17, 15) is 0 Å². The van der Waals surface area contributed by atoms with Crippen LogP contribution in [0.1, 0.15) is 32.5 Å². The maximum atomic E-state index is 4.99. The maximum absolute atomic E-state index is 4.99. The molecule has 1 aromatic heterocycles. The highest BCUT2D eigenvalue weighted by Gasteiger charge is 2.19. The molecule has 128 valence electrons. The second-order valence-corrected chi connectivity index (χ2v) is 6.03. The fourth-order valence-electron chi connectivity index (χ4n) is 3.26. The zero-order valence-electron chi connectivity index (χ0n) is 14.9. The minimum Gasteiger partial charge on any atom is -0.283 e. The molecule has 24 heavy (non-hydrogen) atoms. The summed E-state index contributed by atoms with van der Waals surface area (Å²) in [6.45, 7) is 10.8. The predicted molar refractivity (Wildman–Crippen MR) is 105 cm³/mol. The molecule has 3 nitrogen and oxygen atoms in total. The molecule has 3 aromatic rings. The number of hydrogen-bond acceptors (Lipinski definition) is 2. The zero-order valence-corrected chi connectivity index (χ0v) is 15.7. The average Bonchev–Trinajstić information content (AvgIpc) is 2.95. The lowest BCUT2D eigenvalue weighted by Gasteiger charge is -2.27. The van der Waals surface area contributed by atoms with Crippen LogP contribution in [0.3, 0.4) is 0 Å². The highest BCUT2D eigenvalue weighted by atomic mass is 35.5. The third-order valence-corrected chi connectivity index (χ3v) is 4.60. The van der Waals surface area contributed by atoms with E-state index < -0.39 is 0 Å². The highest BCUT2D eigenvalue weighted by Crippen LogP contribution is 2.31. The van der Waals surface area contributed by atoms with Crippen molar-refractivity contribution in [2.24, 2.45) is 0 Å². The van der Waals surface area contributed by atoms with Crippen molar-refractivity contribution in [1.29, 1.82) is 0 Å². The van der Waals surface area contributed by atoms with Crippen LogP contribution in [0.2, 0.25) is 0 Å². The average molecular weight is 344 g/mol. The highest BCUT2D eigenvalue weighted by molar-refractivity contribution is 5.93. The Hall–Kier alpha value is -1.84. The van der Waals surface area contributed by atoms with Crippen molar-refractivity contribution in [3.63, 3.8) is 0 Å². The summed E-state index contributed by atoms with van der Waals surface area (Å²) in [5, 5.41) is 6.22. The molecule has 0 saturated carbocycles. The summed E-state index contributed by atoms with van der Waals surface area (Å²) in [7, 11) is 0. The van der Waals surface area contributed by atoms with Crippen LogP contribution in [0.25, 0.3) is 22.2 Å². The van der Waals surface area contributed by atoms with Gasteiger partial charge in [0, 0.05) is 10.9 Å². The molecular formula is C20H26ClN3. The number of benzene rings is 2. The molecule has 1 heterocycles. The van der Waals surface area contributed by atoms with Crippen LogP contribution >= 0.6 is 12.4 Å². The maximum Gasteiger partial charge on any atom is 0.102 e. The van der Waals surface area contributed by atoms with Crippen LogP contribution in [0.5, 0.6) is 0 Å². The zero-order chi connectivity index (χ0) is 16.4. The van der Waals surface area contributed by atoms with Crippen molar-refractivity contribution in [1.82, 2.24) is 14.7 Å². The number of halogens is 1. The van der Waals surface area contributed by atoms with Crippen molar-refractivity contribution in [2.75, 3.05) is 13.1 Å². The van der Waals surface area contributed by atoms with Gasteiger partial charge in [-0.2, -0.15) is 5.10 Å². The molecule has 0 N–H and O–H groups in total. The van der Waals surface area contributed by atoms with E-state index in [1.54, 1.807) is 0 Å². The lowest BCUT2D eigenvalue weighted by atomic mass is 10.1. The molecule has 0 aliphatic carbocycles. The monoisotopic (exact) mass is 343 g/mol. The number of fused-ring (bicyclic) bond motifs is 1. The van der Waals surface area contributed by atoms with E-state index in [0.717, 1.165) is 18.8 Å². The van der Waals surface area contributed by atoms with E-state index in [1.807, 2.05) is 6.07 Å². The molecule has 3 rings (SSSR count). The Labute approximate surface area is 150 Å². The topological polar surface area (TPSA) is 21.1 Å². The number of hydrogen-bond donors (Lipinski definition) is 0. The third-order valence-electron chi connectivity index (χ3n) is 4.60. The van der Waals surface area contributed by atoms with Gasteiger partial charge in [-0.05, 0) is 39.1 Å². The molecule has 1 unspecified atom stereocenters. The molecule has 1 atom stereocenters. The lowest BCUT2D eigenvalue weighted by molar-refractivity contribution is 0.163. The van der Waals surface area contributed by atoms with Crippen LogP contribution in [0.15, 0.2) is 48.5 Å². The molecule has 4 heteroatoms. The van der Waals surface area contributed by atoms with Crippen molar-refractivity contribution in [3.8, 4) is 11.3 Å². The molecule has 0 bridgehead atoms.